The highest BCUT2D eigenvalue weighted by Gasteiger charge is 2.13. The predicted molar refractivity (Wildman–Crippen MR) is 72.2 cm³/mol. The molecule has 0 bridgehead atoms. The molecule has 1 aromatic heterocycles. The van der Waals surface area contributed by atoms with Crippen LogP contribution in [0.1, 0.15) is 0 Å². The summed E-state index contributed by atoms with van der Waals surface area (Å²) >= 11 is 5.73. The SMILES string of the molecule is COc1ccc(Nc2ccc([N+](=O)[O-])c(Cl)n2)cc1. The molecule has 0 aliphatic carbocycles. The zero-order chi connectivity index (χ0) is 13.8. The summed E-state index contributed by atoms with van der Waals surface area (Å²) in [6.45, 7) is 0. The number of rotatable bonds is 4. The van der Waals surface area contributed by atoms with E-state index in [1.807, 2.05) is 0 Å². The van der Waals surface area contributed by atoms with E-state index in [9.17, 15) is 10.1 Å². The van der Waals surface area contributed by atoms with Gasteiger partial charge in [0.15, 0.2) is 0 Å². The molecule has 0 aliphatic rings. The lowest BCUT2D eigenvalue weighted by atomic mass is 10.3. The van der Waals surface area contributed by atoms with E-state index in [2.05, 4.69) is 10.3 Å². The van der Waals surface area contributed by atoms with E-state index >= 15 is 0 Å². The molecule has 98 valence electrons. The van der Waals surface area contributed by atoms with E-state index in [1.165, 1.54) is 12.1 Å². The molecule has 0 saturated heterocycles. The second kappa shape index (κ2) is 5.53. The van der Waals surface area contributed by atoms with Crippen LogP contribution in [0.15, 0.2) is 36.4 Å². The van der Waals surface area contributed by atoms with Crippen molar-refractivity contribution in [3.63, 3.8) is 0 Å². The van der Waals surface area contributed by atoms with Gasteiger partial charge in [0.05, 0.1) is 12.0 Å². The van der Waals surface area contributed by atoms with E-state index < -0.39 is 4.92 Å². The average molecular weight is 280 g/mol. The minimum absolute atomic E-state index is 0.150. The first kappa shape index (κ1) is 13.1. The number of aromatic nitrogens is 1. The van der Waals surface area contributed by atoms with Gasteiger partial charge in [-0.3, -0.25) is 10.1 Å². The number of nitrogens with zero attached hydrogens (tertiary/aromatic N) is 2. The van der Waals surface area contributed by atoms with Gasteiger partial charge in [0.1, 0.15) is 11.6 Å². The molecule has 0 amide bonds. The molecular weight excluding hydrogens is 270 g/mol. The van der Waals surface area contributed by atoms with Crippen LogP contribution in [0.5, 0.6) is 5.75 Å². The molecule has 0 spiro atoms. The van der Waals surface area contributed by atoms with E-state index in [0.717, 1.165) is 11.4 Å². The summed E-state index contributed by atoms with van der Waals surface area (Å²) in [5, 5.41) is 13.4. The molecule has 0 saturated carbocycles. The highest BCUT2D eigenvalue weighted by molar-refractivity contribution is 6.31. The van der Waals surface area contributed by atoms with Crippen LogP contribution in [0.25, 0.3) is 0 Å². The van der Waals surface area contributed by atoms with Gasteiger partial charge in [0, 0.05) is 11.8 Å². The van der Waals surface area contributed by atoms with E-state index in [4.69, 9.17) is 16.3 Å². The van der Waals surface area contributed by atoms with Gasteiger partial charge in [-0.2, -0.15) is 0 Å². The van der Waals surface area contributed by atoms with Crippen molar-refractivity contribution in [2.45, 2.75) is 0 Å². The smallest absolute Gasteiger partial charge is 0.306 e. The number of anilines is 2. The fourth-order valence-corrected chi connectivity index (χ4v) is 1.68. The molecule has 0 fully saturated rings. The maximum absolute atomic E-state index is 10.6. The Morgan fingerprint density at radius 1 is 1.26 bits per heavy atom. The molecular formula is C12H10ClN3O3. The molecule has 6 nitrogen and oxygen atoms in total. The first-order valence-corrected chi connectivity index (χ1v) is 5.70. The minimum atomic E-state index is -0.577. The number of nitro groups is 1. The Morgan fingerprint density at radius 2 is 1.95 bits per heavy atom. The van der Waals surface area contributed by atoms with Gasteiger partial charge >= 0.3 is 5.69 Å². The number of halogens is 1. The molecule has 7 heteroatoms. The summed E-state index contributed by atoms with van der Waals surface area (Å²) in [5.41, 5.74) is 0.556. The summed E-state index contributed by atoms with van der Waals surface area (Å²) < 4.78 is 5.04. The van der Waals surface area contributed by atoms with Crippen LogP contribution >= 0.6 is 11.6 Å². The molecule has 1 heterocycles. The van der Waals surface area contributed by atoms with Crippen LogP contribution in [0.2, 0.25) is 5.15 Å². The van der Waals surface area contributed by atoms with Crippen LogP contribution in [0.4, 0.5) is 17.2 Å². The number of methoxy groups -OCH3 is 1. The van der Waals surface area contributed by atoms with Crippen molar-refractivity contribution in [3.8, 4) is 5.75 Å². The van der Waals surface area contributed by atoms with Gasteiger partial charge in [-0.15, -0.1) is 0 Å². The molecule has 2 rings (SSSR count). The van der Waals surface area contributed by atoms with Crippen molar-refractivity contribution in [1.82, 2.24) is 4.98 Å². The van der Waals surface area contributed by atoms with Gasteiger partial charge in [-0.05, 0) is 30.3 Å². The summed E-state index contributed by atoms with van der Waals surface area (Å²) in [5.74, 6) is 1.17. The monoisotopic (exact) mass is 279 g/mol. The zero-order valence-corrected chi connectivity index (χ0v) is 10.7. The second-order valence-electron chi connectivity index (χ2n) is 3.62. The normalized spacial score (nSPS) is 10.0. The van der Waals surface area contributed by atoms with E-state index in [1.54, 1.807) is 31.4 Å². The number of hydrogen-bond donors (Lipinski definition) is 1. The fourth-order valence-electron chi connectivity index (χ4n) is 1.45. The Balaban J connectivity index is 2.18. The number of nitrogens with one attached hydrogen (secondary N) is 1. The van der Waals surface area contributed by atoms with E-state index in [0.29, 0.717) is 5.82 Å². The quantitative estimate of drug-likeness (QED) is 0.527. The van der Waals surface area contributed by atoms with Gasteiger partial charge in [-0.25, -0.2) is 4.98 Å². The minimum Gasteiger partial charge on any atom is -0.497 e. The van der Waals surface area contributed by atoms with Crippen LogP contribution in [0, 0.1) is 10.1 Å². The van der Waals surface area contributed by atoms with Crippen molar-refractivity contribution in [2.24, 2.45) is 0 Å². The van der Waals surface area contributed by atoms with Crippen molar-refractivity contribution in [2.75, 3.05) is 12.4 Å². The van der Waals surface area contributed by atoms with Crippen molar-refractivity contribution < 1.29 is 9.66 Å². The highest BCUT2D eigenvalue weighted by Crippen LogP contribution is 2.25. The van der Waals surface area contributed by atoms with Crippen LogP contribution in [-0.4, -0.2) is 17.0 Å². The number of ether oxygens (including phenoxy) is 1. The lowest BCUT2D eigenvalue weighted by Gasteiger charge is -2.06. The summed E-state index contributed by atoms with van der Waals surface area (Å²) in [6.07, 6.45) is 0. The van der Waals surface area contributed by atoms with E-state index in [-0.39, 0.29) is 10.8 Å². The Labute approximate surface area is 114 Å². The number of hydrogen-bond acceptors (Lipinski definition) is 5. The molecule has 1 N–H and O–H groups in total. The Kier molecular flexibility index (Phi) is 3.82. The summed E-state index contributed by atoms with van der Waals surface area (Å²) in [6, 6.07) is 9.98. The predicted octanol–water partition coefficient (Wildman–Crippen LogP) is 3.40. The molecule has 0 atom stereocenters. The first-order chi connectivity index (χ1) is 9.10. The molecule has 0 aliphatic heterocycles. The van der Waals surface area contributed by atoms with Crippen molar-refractivity contribution in [3.05, 3.63) is 51.7 Å². The fraction of sp³-hybridized carbons (Fsp3) is 0.0833. The Hall–Kier alpha value is -2.34. The summed E-state index contributed by atoms with van der Waals surface area (Å²) in [7, 11) is 1.58. The van der Waals surface area contributed by atoms with Gasteiger partial charge in [-0.1, -0.05) is 11.6 Å². The second-order valence-corrected chi connectivity index (χ2v) is 3.98. The lowest BCUT2D eigenvalue weighted by molar-refractivity contribution is -0.385. The van der Waals surface area contributed by atoms with Gasteiger partial charge in [0.25, 0.3) is 0 Å². The highest BCUT2D eigenvalue weighted by atomic mass is 35.5. The third kappa shape index (κ3) is 3.11. The first-order valence-electron chi connectivity index (χ1n) is 5.32. The molecule has 0 radical (unpaired) electrons. The van der Waals surface area contributed by atoms with Gasteiger partial charge in [0.2, 0.25) is 5.15 Å². The maximum Gasteiger partial charge on any atom is 0.306 e. The number of pyridine rings is 1. The third-order valence-electron chi connectivity index (χ3n) is 2.39. The van der Waals surface area contributed by atoms with Gasteiger partial charge < -0.3 is 10.1 Å². The average Bonchev–Trinajstić information content (AvgIpc) is 2.39. The Morgan fingerprint density at radius 3 is 2.47 bits per heavy atom. The molecule has 0 unspecified atom stereocenters. The molecule has 2 aromatic rings. The number of benzene rings is 1. The van der Waals surface area contributed by atoms with Crippen LogP contribution in [-0.2, 0) is 0 Å². The van der Waals surface area contributed by atoms with Crippen LogP contribution in [0.3, 0.4) is 0 Å². The Bertz CT molecular complexity index is 602. The van der Waals surface area contributed by atoms with Crippen molar-refractivity contribution >= 4 is 28.8 Å². The topological polar surface area (TPSA) is 77.3 Å². The largest absolute Gasteiger partial charge is 0.497 e. The lowest BCUT2D eigenvalue weighted by Crippen LogP contribution is -1.96. The van der Waals surface area contributed by atoms with Crippen LogP contribution < -0.4 is 10.1 Å². The standard InChI is InChI=1S/C12H10ClN3O3/c1-19-9-4-2-8(3-5-9)14-11-7-6-10(16(17)18)12(13)15-11/h2-7H,1H3,(H,14,15). The zero-order valence-electron chi connectivity index (χ0n) is 9.96. The summed E-state index contributed by atoms with van der Waals surface area (Å²) in [4.78, 5) is 13.9. The van der Waals surface area contributed by atoms with Crippen molar-refractivity contribution in [1.29, 1.82) is 0 Å². The third-order valence-corrected chi connectivity index (χ3v) is 2.67. The molecule has 1 aromatic carbocycles. The maximum atomic E-state index is 10.6. The molecule has 19 heavy (non-hydrogen) atoms.